The largest absolute Gasteiger partial charge is 0.480 e. The summed E-state index contributed by atoms with van der Waals surface area (Å²) < 4.78 is 57.4. The van der Waals surface area contributed by atoms with Gasteiger partial charge in [0.15, 0.2) is 0 Å². The first-order chi connectivity index (χ1) is 11.9. The normalized spacial score (nSPS) is 11.4. The number of ether oxygens (including phenoxy) is 1. The lowest BCUT2D eigenvalue weighted by molar-refractivity contribution is -0.137. The van der Waals surface area contributed by atoms with E-state index in [-0.39, 0.29) is 17.1 Å². The monoisotopic (exact) mass is 348 g/mol. The van der Waals surface area contributed by atoms with E-state index in [1.165, 1.54) is 43.5 Å². The van der Waals surface area contributed by atoms with Crippen LogP contribution in [0.15, 0.2) is 54.6 Å². The molecule has 0 aliphatic heterocycles. The van der Waals surface area contributed by atoms with Gasteiger partial charge in [-0.1, -0.05) is 24.3 Å². The van der Waals surface area contributed by atoms with E-state index in [4.69, 9.17) is 4.74 Å². The Hall–Kier alpha value is -2.96. The van der Waals surface area contributed by atoms with Crippen LogP contribution >= 0.6 is 0 Å². The topological polar surface area (TPSA) is 35.0 Å². The average Bonchev–Trinajstić information content (AvgIpc) is 2.61. The number of benzene rings is 2. The van der Waals surface area contributed by atoms with Gasteiger partial charge in [-0.2, -0.15) is 13.2 Å². The zero-order chi connectivity index (χ0) is 18.0. The Morgan fingerprint density at radius 3 is 2.16 bits per heavy atom. The van der Waals surface area contributed by atoms with Crippen molar-refractivity contribution >= 4 is 0 Å². The van der Waals surface area contributed by atoms with Crippen molar-refractivity contribution in [1.29, 1.82) is 0 Å². The number of nitrogens with zero attached hydrogens (tertiary/aromatic N) is 2. The molecule has 0 unspecified atom stereocenters. The highest BCUT2D eigenvalue weighted by molar-refractivity contribution is 5.81. The summed E-state index contributed by atoms with van der Waals surface area (Å²) in [4.78, 5) is 0. The quantitative estimate of drug-likeness (QED) is 0.627. The second-order valence-electron chi connectivity index (χ2n) is 5.20. The number of halogens is 4. The maximum atomic E-state index is 14.1. The van der Waals surface area contributed by atoms with Gasteiger partial charge in [0.05, 0.1) is 12.7 Å². The number of aromatic nitrogens is 2. The van der Waals surface area contributed by atoms with Crippen LogP contribution in [0.1, 0.15) is 5.56 Å². The summed E-state index contributed by atoms with van der Waals surface area (Å²) >= 11 is 0. The highest BCUT2D eigenvalue weighted by Gasteiger charge is 2.30. The van der Waals surface area contributed by atoms with Crippen molar-refractivity contribution in [3.63, 3.8) is 0 Å². The zero-order valence-corrected chi connectivity index (χ0v) is 13.0. The lowest BCUT2D eigenvalue weighted by atomic mass is 9.98. The first-order valence-corrected chi connectivity index (χ1v) is 7.24. The molecular weight excluding hydrogens is 336 g/mol. The van der Waals surface area contributed by atoms with E-state index in [1.54, 1.807) is 6.07 Å². The molecule has 0 saturated carbocycles. The van der Waals surface area contributed by atoms with Gasteiger partial charge < -0.3 is 4.74 Å². The van der Waals surface area contributed by atoms with Crippen LogP contribution in [0.3, 0.4) is 0 Å². The third-order valence-corrected chi connectivity index (χ3v) is 3.63. The number of alkyl halides is 3. The molecule has 3 nitrogen and oxygen atoms in total. The fourth-order valence-corrected chi connectivity index (χ4v) is 2.38. The van der Waals surface area contributed by atoms with Gasteiger partial charge >= 0.3 is 6.18 Å². The Morgan fingerprint density at radius 1 is 0.880 bits per heavy atom. The molecule has 3 aromatic rings. The molecule has 0 amide bonds. The standard InChI is InChI=1S/C18H12F4N2O/c1-25-16-10-14(11-6-8-12(9-7-11)18(20,21)22)17(24-23-16)13-4-2-3-5-15(13)19/h2-10H,1H3. The smallest absolute Gasteiger partial charge is 0.416 e. The van der Waals surface area contributed by atoms with Crippen LogP contribution in [-0.2, 0) is 6.18 Å². The van der Waals surface area contributed by atoms with Crippen LogP contribution in [-0.4, -0.2) is 17.3 Å². The van der Waals surface area contributed by atoms with Crippen LogP contribution in [0, 0.1) is 5.82 Å². The van der Waals surface area contributed by atoms with E-state index in [0.29, 0.717) is 11.1 Å². The zero-order valence-electron chi connectivity index (χ0n) is 13.0. The van der Waals surface area contributed by atoms with E-state index in [9.17, 15) is 17.6 Å². The van der Waals surface area contributed by atoms with E-state index >= 15 is 0 Å². The van der Waals surface area contributed by atoms with E-state index in [1.807, 2.05) is 0 Å². The average molecular weight is 348 g/mol. The highest BCUT2D eigenvalue weighted by Crippen LogP contribution is 2.35. The van der Waals surface area contributed by atoms with Crippen molar-refractivity contribution in [3.05, 3.63) is 66.0 Å². The molecule has 0 fully saturated rings. The van der Waals surface area contributed by atoms with Gasteiger partial charge in [0.25, 0.3) is 0 Å². The van der Waals surface area contributed by atoms with Crippen LogP contribution in [0.5, 0.6) is 5.88 Å². The lowest BCUT2D eigenvalue weighted by Crippen LogP contribution is -2.04. The van der Waals surface area contributed by atoms with Crippen molar-refractivity contribution in [2.45, 2.75) is 6.18 Å². The van der Waals surface area contributed by atoms with Gasteiger partial charge in [0, 0.05) is 17.2 Å². The molecule has 0 radical (unpaired) electrons. The summed E-state index contributed by atoms with van der Waals surface area (Å²) in [6.45, 7) is 0. The molecule has 3 rings (SSSR count). The summed E-state index contributed by atoms with van der Waals surface area (Å²) in [5, 5.41) is 7.83. The molecule has 0 saturated heterocycles. The predicted octanol–water partition coefficient (Wildman–Crippen LogP) is 4.98. The highest BCUT2D eigenvalue weighted by atomic mass is 19.4. The van der Waals surface area contributed by atoms with Crippen molar-refractivity contribution in [2.24, 2.45) is 0 Å². The van der Waals surface area contributed by atoms with Crippen molar-refractivity contribution in [2.75, 3.05) is 7.11 Å². The Kier molecular flexibility index (Phi) is 4.39. The SMILES string of the molecule is COc1cc(-c2ccc(C(F)(F)F)cc2)c(-c2ccccc2F)nn1. The number of rotatable bonds is 3. The number of hydrogen-bond donors (Lipinski definition) is 0. The first-order valence-electron chi connectivity index (χ1n) is 7.24. The molecule has 0 spiro atoms. The minimum absolute atomic E-state index is 0.176. The Balaban J connectivity index is 2.16. The fourth-order valence-electron chi connectivity index (χ4n) is 2.38. The fraction of sp³-hybridized carbons (Fsp3) is 0.111. The van der Waals surface area contributed by atoms with Crippen LogP contribution < -0.4 is 4.74 Å². The molecule has 0 N–H and O–H groups in total. The van der Waals surface area contributed by atoms with E-state index < -0.39 is 17.6 Å². The Morgan fingerprint density at radius 2 is 1.56 bits per heavy atom. The summed E-state index contributed by atoms with van der Waals surface area (Å²) in [5.74, 6) is -0.329. The molecule has 7 heteroatoms. The lowest BCUT2D eigenvalue weighted by Gasteiger charge is -2.12. The summed E-state index contributed by atoms with van der Waals surface area (Å²) in [5.41, 5.74) is 0.522. The first kappa shape index (κ1) is 16.9. The van der Waals surface area contributed by atoms with Crippen LogP contribution in [0.2, 0.25) is 0 Å². The van der Waals surface area contributed by atoms with Gasteiger partial charge in [-0.3, -0.25) is 0 Å². The van der Waals surface area contributed by atoms with Gasteiger partial charge in [-0.25, -0.2) is 4.39 Å². The molecular formula is C18H12F4N2O. The molecule has 1 aromatic heterocycles. The van der Waals surface area contributed by atoms with Crippen LogP contribution in [0.4, 0.5) is 17.6 Å². The van der Waals surface area contributed by atoms with Gasteiger partial charge in [-0.05, 0) is 29.8 Å². The summed E-state index contributed by atoms with van der Waals surface area (Å²) in [6.07, 6.45) is -4.43. The van der Waals surface area contributed by atoms with Crippen molar-refractivity contribution in [3.8, 4) is 28.3 Å². The summed E-state index contributed by atoms with van der Waals surface area (Å²) in [7, 11) is 1.39. The van der Waals surface area contributed by atoms with E-state index in [0.717, 1.165) is 12.1 Å². The third kappa shape index (κ3) is 3.45. The van der Waals surface area contributed by atoms with E-state index in [2.05, 4.69) is 10.2 Å². The molecule has 0 aliphatic carbocycles. The molecule has 128 valence electrons. The Labute approximate surface area is 140 Å². The molecule has 0 aliphatic rings. The number of hydrogen-bond acceptors (Lipinski definition) is 3. The predicted molar refractivity (Wildman–Crippen MR) is 84.4 cm³/mol. The minimum atomic E-state index is -4.43. The summed E-state index contributed by atoms with van der Waals surface area (Å²) in [6, 6.07) is 12.0. The maximum Gasteiger partial charge on any atom is 0.416 e. The minimum Gasteiger partial charge on any atom is -0.480 e. The Bertz CT molecular complexity index is 892. The molecule has 1 heterocycles. The maximum absolute atomic E-state index is 14.1. The number of methoxy groups -OCH3 is 1. The van der Waals surface area contributed by atoms with Crippen molar-refractivity contribution in [1.82, 2.24) is 10.2 Å². The molecule has 25 heavy (non-hydrogen) atoms. The van der Waals surface area contributed by atoms with Crippen molar-refractivity contribution < 1.29 is 22.3 Å². The molecule has 0 atom stereocenters. The second-order valence-corrected chi connectivity index (χ2v) is 5.20. The van der Waals surface area contributed by atoms with Gasteiger partial charge in [0.2, 0.25) is 5.88 Å². The van der Waals surface area contributed by atoms with Gasteiger partial charge in [0.1, 0.15) is 11.5 Å². The molecule has 0 bridgehead atoms. The van der Waals surface area contributed by atoms with Crippen LogP contribution in [0.25, 0.3) is 22.4 Å². The van der Waals surface area contributed by atoms with Gasteiger partial charge in [-0.15, -0.1) is 10.2 Å². The molecule has 2 aromatic carbocycles. The second kappa shape index (κ2) is 6.51. The third-order valence-electron chi connectivity index (χ3n) is 3.63.